The van der Waals surface area contributed by atoms with Crippen molar-refractivity contribution < 1.29 is 0 Å². The van der Waals surface area contributed by atoms with E-state index in [1.165, 1.54) is 26.8 Å². The number of hydrogen-bond acceptors (Lipinski definition) is 3. The van der Waals surface area contributed by atoms with E-state index in [-0.39, 0.29) is 6.04 Å². The molecule has 0 bridgehead atoms. The van der Waals surface area contributed by atoms with Crippen LogP contribution in [-0.4, -0.2) is 18.5 Å². The highest BCUT2D eigenvalue weighted by molar-refractivity contribution is 7.17. The topological polar surface area (TPSA) is 27.0 Å². The van der Waals surface area contributed by atoms with Crippen LogP contribution in [-0.2, 0) is 6.42 Å². The van der Waals surface area contributed by atoms with Gasteiger partial charge in [-0.1, -0.05) is 12.1 Å². The van der Waals surface area contributed by atoms with E-state index >= 15 is 0 Å². The molecule has 0 aliphatic carbocycles. The Balaban J connectivity index is 1.88. The first kappa shape index (κ1) is 13.5. The van der Waals surface area contributed by atoms with Gasteiger partial charge in [0, 0.05) is 11.2 Å². The van der Waals surface area contributed by atoms with E-state index in [9.17, 15) is 5.26 Å². The van der Waals surface area contributed by atoms with E-state index < -0.39 is 0 Å². The minimum atomic E-state index is 0.237. The van der Waals surface area contributed by atoms with E-state index in [1.807, 2.05) is 6.07 Å². The molecular weight excluding hydrogens is 288 g/mol. The third-order valence-electron chi connectivity index (χ3n) is 4.54. The first-order valence-electron chi connectivity index (χ1n) is 7.46. The Morgan fingerprint density at radius 1 is 1.18 bits per heavy atom. The molecule has 1 atom stereocenters. The summed E-state index contributed by atoms with van der Waals surface area (Å²) in [6, 6.07) is 17.5. The van der Waals surface area contributed by atoms with Gasteiger partial charge < -0.3 is 0 Å². The van der Waals surface area contributed by atoms with Gasteiger partial charge in [0.2, 0.25) is 0 Å². The lowest BCUT2D eigenvalue weighted by atomic mass is 9.87. The molecule has 1 aromatic heterocycles. The van der Waals surface area contributed by atoms with Gasteiger partial charge in [-0.3, -0.25) is 4.90 Å². The molecule has 3 heteroatoms. The standard InChI is InChI=1S/C19H16N2S/c1-21-8-6-14-3-2-13(12-20)10-17(14)19(21)16-4-5-18-15(11-16)7-9-22-18/h2-5,7,9-11,19H,6,8H2,1H3. The summed E-state index contributed by atoms with van der Waals surface area (Å²) in [5, 5.41) is 12.7. The van der Waals surface area contributed by atoms with Crippen LogP contribution in [0.1, 0.15) is 28.3 Å². The smallest absolute Gasteiger partial charge is 0.0991 e. The van der Waals surface area contributed by atoms with Crippen LogP contribution in [0.3, 0.4) is 0 Å². The van der Waals surface area contributed by atoms with Gasteiger partial charge in [-0.05, 0) is 71.3 Å². The van der Waals surface area contributed by atoms with Crippen molar-refractivity contribution in [2.75, 3.05) is 13.6 Å². The fourth-order valence-corrected chi connectivity index (χ4v) is 4.17. The Labute approximate surface area is 134 Å². The van der Waals surface area contributed by atoms with Crippen molar-refractivity contribution in [1.29, 1.82) is 5.26 Å². The number of fused-ring (bicyclic) bond motifs is 2. The van der Waals surface area contributed by atoms with Gasteiger partial charge in [0.25, 0.3) is 0 Å². The number of hydrogen-bond donors (Lipinski definition) is 0. The third-order valence-corrected chi connectivity index (χ3v) is 5.43. The van der Waals surface area contributed by atoms with Crippen LogP contribution < -0.4 is 0 Å². The molecule has 0 radical (unpaired) electrons. The molecule has 1 unspecified atom stereocenters. The number of likely N-dealkylation sites (N-methyl/N-ethyl adjacent to an activating group) is 1. The highest BCUT2D eigenvalue weighted by Gasteiger charge is 2.26. The average molecular weight is 304 g/mol. The molecule has 2 heterocycles. The molecule has 2 nitrogen and oxygen atoms in total. The second kappa shape index (κ2) is 5.24. The molecule has 0 N–H and O–H groups in total. The van der Waals surface area contributed by atoms with E-state index in [0.29, 0.717) is 0 Å². The van der Waals surface area contributed by atoms with Crippen molar-refractivity contribution in [2.24, 2.45) is 0 Å². The van der Waals surface area contributed by atoms with Crippen molar-refractivity contribution in [1.82, 2.24) is 4.90 Å². The molecule has 1 aliphatic heterocycles. The van der Waals surface area contributed by atoms with Crippen LogP contribution in [0.2, 0.25) is 0 Å². The van der Waals surface area contributed by atoms with Gasteiger partial charge in [-0.15, -0.1) is 11.3 Å². The van der Waals surface area contributed by atoms with Crippen LogP contribution in [0.5, 0.6) is 0 Å². The number of nitrogens with zero attached hydrogens (tertiary/aromatic N) is 2. The molecule has 0 saturated carbocycles. The van der Waals surface area contributed by atoms with Crippen molar-refractivity contribution in [3.8, 4) is 6.07 Å². The summed E-state index contributed by atoms with van der Waals surface area (Å²) >= 11 is 1.78. The molecule has 0 fully saturated rings. The Hall–Kier alpha value is -2.15. The number of nitriles is 1. The maximum absolute atomic E-state index is 9.21. The highest BCUT2D eigenvalue weighted by atomic mass is 32.1. The van der Waals surface area contributed by atoms with Crippen LogP contribution >= 0.6 is 11.3 Å². The Morgan fingerprint density at radius 3 is 2.95 bits per heavy atom. The molecule has 0 spiro atoms. The van der Waals surface area contributed by atoms with Crippen LogP contribution in [0.4, 0.5) is 0 Å². The summed E-state index contributed by atoms with van der Waals surface area (Å²) in [7, 11) is 2.17. The van der Waals surface area contributed by atoms with E-state index in [2.05, 4.69) is 59.8 Å². The zero-order chi connectivity index (χ0) is 15.1. The van der Waals surface area contributed by atoms with Gasteiger partial charge in [0.15, 0.2) is 0 Å². The van der Waals surface area contributed by atoms with Crippen molar-refractivity contribution in [3.63, 3.8) is 0 Å². The molecule has 4 rings (SSSR count). The Morgan fingerprint density at radius 2 is 2.09 bits per heavy atom. The lowest BCUT2D eigenvalue weighted by molar-refractivity contribution is 0.265. The SMILES string of the molecule is CN1CCc2ccc(C#N)cc2C1c1ccc2sccc2c1. The fourth-order valence-electron chi connectivity index (χ4n) is 3.40. The summed E-state index contributed by atoms with van der Waals surface area (Å²) in [4.78, 5) is 2.39. The minimum Gasteiger partial charge on any atom is -0.295 e. The maximum Gasteiger partial charge on any atom is 0.0991 e. The third kappa shape index (κ3) is 2.12. The van der Waals surface area contributed by atoms with Crippen LogP contribution in [0.15, 0.2) is 47.8 Å². The number of rotatable bonds is 1. The predicted octanol–water partition coefficient (Wildman–Crippen LogP) is 4.35. The monoisotopic (exact) mass is 304 g/mol. The van der Waals surface area contributed by atoms with E-state index in [0.717, 1.165) is 18.5 Å². The molecule has 3 aromatic rings. The molecule has 108 valence electrons. The Kier molecular flexibility index (Phi) is 3.22. The van der Waals surface area contributed by atoms with Crippen molar-refractivity contribution in [3.05, 3.63) is 70.1 Å². The quantitative estimate of drug-likeness (QED) is 0.668. The molecule has 22 heavy (non-hydrogen) atoms. The Bertz CT molecular complexity index is 888. The number of thiophene rings is 1. The first-order valence-corrected chi connectivity index (χ1v) is 8.34. The molecule has 0 amide bonds. The summed E-state index contributed by atoms with van der Waals surface area (Å²) in [6.07, 6.45) is 1.05. The van der Waals surface area contributed by atoms with E-state index in [1.54, 1.807) is 11.3 Å². The first-order chi connectivity index (χ1) is 10.8. The molecule has 1 aliphatic rings. The van der Waals surface area contributed by atoms with Crippen LogP contribution in [0, 0.1) is 11.3 Å². The number of benzene rings is 2. The molecular formula is C19H16N2S. The lowest BCUT2D eigenvalue weighted by Gasteiger charge is -2.35. The average Bonchev–Trinajstić information content (AvgIpc) is 3.01. The van der Waals surface area contributed by atoms with Gasteiger partial charge in [0.1, 0.15) is 0 Å². The molecule has 2 aromatic carbocycles. The van der Waals surface area contributed by atoms with Gasteiger partial charge in [0.05, 0.1) is 17.7 Å². The van der Waals surface area contributed by atoms with Crippen molar-refractivity contribution >= 4 is 21.4 Å². The predicted molar refractivity (Wildman–Crippen MR) is 91.2 cm³/mol. The van der Waals surface area contributed by atoms with Crippen LogP contribution in [0.25, 0.3) is 10.1 Å². The largest absolute Gasteiger partial charge is 0.295 e. The van der Waals surface area contributed by atoms with E-state index in [4.69, 9.17) is 0 Å². The summed E-state index contributed by atoms with van der Waals surface area (Å²) in [6.45, 7) is 1.05. The summed E-state index contributed by atoms with van der Waals surface area (Å²) in [5.41, 5.74) is 4.70. The summed E-state index contributed by atoms with van der Waals surface area (Å²) < 4.78 is 1.33. The minimum absolute atomic E-state index is 0.237. The fraction of sp³-hybridized carbons (Fsp3) is 0.211. The van der Waals surface area contributed by atoms with Crippen molar-refractivity contribution in [2.45, 2.75) is 12.5 Å². The molecule has 0 saturated heterocycles. The lowest BCUT2D eigenvalue weighted by Crippen LogP contribution is -2.32. The zero-order valence-electron chi connectivity index (χ0n) is 12.4. The zero-order valence-corrected chi connectivity index (χ0v) is 13.2. The normalized spacial score (nSPS) is 18.1. The summed E-state index contributed by atoms with van der Waals surface area (Å²) in [5.74, 6) is 0. The second-order valence-electron chi connectivity index (χ2n) is 5.88. The van der Waals surface area contributed by atoms with Gasteiger partial charge in [-0.25, -0.2) is 0 Å². The maximum atomic E-state index is 9.21. The van der Waals surface area contributed by atoms with Gasteiger partial charge in [-0.2, -0.15) is 5.26 Å². The van der Waals surface area contributed by atoms with Gasteiger partial charge >= 0.3 is 0 Å². The highest BCUT2D eigenvalue weighted by Crippen LogP contribution is 2.36. The second-order valence-corrected chi connectivity index (χ2v) is 6.82.